The molecule has 0 N–H and O–H groups in total. The van der Waals surface area contributed by atoms with Crippen molar-refractivity contribution >= 4 is 0 Å². The Bertz CT molecular complexity index is 174. The molecule has 1 aliphatic heterocycles. The molecule has 0 saturated carbocycles. The van der Waals surface area contributed by atoms with Crippen molar-refractivity contribution in [3.63, 3.8) is 0 Å². The maximum Gasteiger partial charge on any atom is 0.0244 e. The third-order valence-electron chi connectivity index (χ3n) is 3.22. The molecule has 0 aromatic rings. The van der Waals surface area contributed by atoms with Gasteiger partial charge in [0.15, 0.2) is 0 Å². The predicted octanol–water partition coefficient (Wildman–Crippen LogP) is 2.83. The van der Waals surface area contributed by atoms with E-state index in [9.17, 15) is 0 Å². The van der Waals surface area contributed by atoms with Crippen LogP contribution in [0.2, 0.25) is 0 Å². The van der Waals surface area contributed by atoms with Crippen LogP contribution in [0.5, 0.6) is 0 Å². The molecule has 0 aromatic heterocycles. The lowest BCUT2D eigenvalue weighted by molar-refractivity contribution is 0.153. The highest BCUT2D eigenvalue weighted by atomic mass is 15.2. The highest BCUT2D eigenvalue weighted by Gasteiger charge is 2.37. The minimum absolute atomic E-state index is 0.450. The number of hydrogen-bond donors (Lipinski definition) is 0. The van der Waals surface area contributed by atoms with Crippen LogP contribution < -0.4 is 0 Å². The molecule has 1 saturated heterocycles. The Morgan fingerprint density at radius 1 is 1.50 bits per heavy atom. The van der Waals surface area contributed by atoms with Crippen LogP contribution in [0.25, 0.3) is 0 Å². The molecule has 1 aliphatic rings. The van der Waals surface area contributed by atoms with E-state index in [0.29, 0.717) is 5.54 Å². The molecule has 0 amide bonds. The standard InChI is InChI=1S/C11H21N/c1-5-7-11(6-2)8-10(3)9-12(11)4/h3,5-9H2,1-2,4H3. The molecule has 12 heavy (non-hydrogen) atoms. The van der Waals surface area contributed by atoms with Gasteiger partial charge in [-0.3, -0.25) is 4.90 Å². The van der Waals surface area contributed by atoms with Gasteiger partial charge in [0.1, 0.15) is 0 Å². The largest absolute Gasteiger partial charge is 0.296 e. The van der Waals surface area contributed by atoms with Crippen molar-refractivity contribution in [3.05, 3.63) is 12.2 Å². The Labute approximate surface area is 76.5 Å². The fraction of sp³-hybridized carbons (Fsp3) is 0.818. The van der Waals surface area contributed by atoms with Crippen molar-refractivity contribution in [3.8, 4) is 0 Å². The second-order valence-corrected chi connectivity index (χ2v) is 4.11. The summed E-state index contributed by atoms with van der Waals surface area (Å²) in [4.78, 5) is 2.48. The normalized spacial score (nSPS) is 31.4. The summed E-state index contributed by atoms with van der Waals surface area (Å²) in [5.74, 6) is 0. The van der Waals surface area contributed by atoms with Gasteiger partial charge >= 0.3 is 0 Å². The molecule has 70 valence electrons. The Kier molecular flexibility index (Phi) is 2.94. The topological polar surface area (TPSA) is 3.24 Å². The zero-order chi connectivity index (χ0) is 9.19. The molecule has 1 atom stereocenters. The van der Waals surface area contributed by atoms with E-state index in [1.54, 1.807) is 0 Å². The first-order chi connectivity index (χ1) is 5.64. The summed E-state index contributed by atoms with van der Waals surface area (Å²) in [5.41, 5.74) is 1.86. The van der Waals surface area contributed by atoms with Crippen molar-refractivity contribution in [2.75, 3.05) is 13.6 Å². The average Bonchev–Trinajstić information content (AvgIpc) is 2.28. The molecule has 0 aliphatic carbocycles. The highest BCUT2D eigenvalue weighted by molar-refractivity contribution is 5.13. The minimum Gasteiger partial charge on any atom is -0.296 e. The van der Waals surface area contributed by atoms with Gasteiger partial charge in [-0.2, -0.15) is 0 Å². The van der Waals surface area contributed by atoms with Gasteiger partial charge < -0.3 is 0 Å². The van der Waals surface area contributed by atoms with Gasteiger partial charge in [0, 0.05) is 12.1 Å². The number of likely N-dealkylation sites (N-methyl/N-ethyl adjacent to an activating group) is 1. The fourth-order valence-corrected chi connectivity index (χ4v) is 2.48. The van der Waals surface area contributed by atoms with Crippen molar-refractivity contribution < 1.29 is 0 Å². The molecule has 1 fully saturated rings. The second kappa shape index (κ2) is 3.61. The van der Waals surface area contributed by atoms with Crippen molar-refractivity contribution in [2.24, 2.45) is 0 Å². The summed E-state index contributed by atoms with van der Waals surface area (Å²) in [6, 6.07) is 0. The fourth-order valence-electron chi connectivity index (χ4n) is 2.48. The van der Waals surface area contributed by atoms with Gasteiger partial charge in [0.05, 0.1) is 0 Å². The summed E-state index contributed by atoms with van der Waals surface area (Å²) < 4.78 is 0. The molecular formula is C11H21N. The van der Waals surface area contributed by atoms with E-state index in [2.05, 4.69) is 32.4 Å². The first-order valence-electron chi connectivity index (χ1n) is 5.02. The summed E-state index contributed by atoms with van der Waals surface area (Å²) in [6.45, 7) is 9.76. The third kappa shape index (κ3) is 1.56. The van der Waals surface area contributed by atoms with Crippen molar-refractivity contribution in [1.29, 1.82) is 0 Å². The van der Waals surface area contributed by atoms with Crippen LogP contribution in [0.1, 0.15) is 39.5 Å². The lowest BCUT2D eigenvalue weighted by Gasteiger charge is -2.34. The van der Waals surface area contributed by atoms with E-state index < -0.39 is 0 Å². The van der Waals surface area contributed by atoms with Crippen LogP contribution in [0.3, 0.4) is 0 Å². The van der Waals surface area contributed by atoms with Crippen molar-refractivity contribution in [1.82, 2.24) is 4.90 Å². The van der Waals surface area contributed by atoms with Gasteiger partial charge in [-0.05, 0) is 26.3 Å². The zero-order valence-corrected chi connectivity index (χ0v) is 8.69. The lowest BCUT2D eigenvalue weighted by Crippen LogP contribution is -2.40. The maximum atomic E-state index is 4.09. The monoisotopic (exact) mass is 167 g/mol. The van der Waals surface area contributed by atoms with Crippen LogP contribution in [0.4, 0.5) is 0 Å². The van der Waals surface area contributed by atoms with Crippen LogP contribution in [-0.4, -0.2) is 24.0 Å². The summed E-state index contributed by atoms with van der Waals surface area (Å²) >= 11 is 0. The lowest BCUT2D eigenvalue weighted by atomic mass is 9.87. The molecule has 0 bridgehead atoms. The van der Waals surface area contributed by atoms with Crippen LogP contribution in [0.15, 0.2) is 12.2 Å². The molecule has 1 heteroatoms. The molecule has 0 spiro atoms. The van der Waals surface area contributed by atoms with E-state index in [1.807, 2.05) is 0 Å². The molecular weight excluding hydrogens is 146 g/mol. The Morgan fingerprint density at radius 3 is 2.50 bits per heavy atom. The molecule has 1 heterocycles. The maximum absolute atomic E-state index is 4.09. The SMILES string of the molecule is C=C1CN(C)C(CC)(CCC)C1. The Morgan fingerprint density at radius 2 is 2.17 bits per heavy atom. The predicted molar refractivity (Wildman–Crippen MR) is 54.3 cm³/mol. The van der Waals surface area contributed by atoms with Gasteiger partial charge in [0.25, 0.3) is 0 Å². The van der Waals surface area contributed by atoms with Crippen LogP contribution >= 0.6 is 0 Å². The second-order valence-electron chi connectivity index (χ2n) is 4.11. The first-order valence-corrected chi connectivity index (χ1v) is 5.02. The van der Waals surface area contributed by atoms with Gasteiger partial charge in [0.2, 0.25) is 0 Å². The van der Waals surface area contributed by atoms with Gasteiger partial charge in [-0.15, -0.1) is 0 Å². The Balaban J connectivity index is 2.71. The quantitative estimate of drug-likeness (QED) is 0.584. The number of hydrogen-bond acceptors (Lipinski definition) is 1. The van der Waals surface area contributed by atoms with Gasteiger partial charge in [-0.25, -0.2) is 0 Å². The van der Waals surface area contributed by atoms with Crippen molar-refractivity contribution in [2.45, 2.75) is 45.1 Å². The summed E-state index contributed by atoms with van der Waals surface area (Å²) in [6.07, 6.45) is 5.08. The number of likely N-dealkylation sites (tertiary alicyclic amines) is 1. The van der Waals surface area contributed by atoms with Crippen LogP contribution in [0, 0.1) is 0 Å². The number of rotatable bonds is 3. The minimum atomic E-state index is 0.450. The molecule has 1 rings (SSSR count). The molecule has 1 nitrogen and oxygen atoms in total. The van der Waals surface area contributed by atoms with E-state index in [-0.39, 0.29) is 0 Å². The molecule has 0 aromatic carbocycles. The first kappa shape index (κ1) is 9.79. The number of nitrogens with zero attached hydrogens (tertiary/aromatic N) is 1. The third-order valence-corrected chi connectivity index (χ3v) is 3.22. The van der Waals surface area contributed by atoms with E-state index in [1.165, 1.54) is 31.3 Å². The molecule has 1 unspecified atom stereocenters. The molecule has 0 radical (unpaired) electrons. The Hall–Kier alpha value is -0.300. The zero-order valence-electron chi connectivity index (χ0n) is 8.69. The van der Waals surface area contributed by atoms with Crippen LogP contribution in [-0.2, 0) is 0 Å². The average molecular weight is 167 g/mol. The van der Waals surface area contributed by atoms with E-state index in [0.717, 1.165) is 6.54 Å². The van der Waals surface area contributed by atoms with E-state index >= 15 is 0 Å². The van der Waals surface area contributed by atoms with E-state index in [4.69, 9.17) is 0 Å². The summed E-state index contributed by atoms with van der Waals surface area (Å²) in [5, 5.41) is 0. The highest BCUT2D eigenvalue weighted by Crippen LogP contribution is 2.36. The van der Waals surface area contributed by atoms with Gasteiger partial charge in [-0.1, -0.05) is 32.4 Å². The smallest absolute Gasteiger partial charge is 0.0244 e. The summed E-state index contributed by atoms with van der Waals surface area (Å²) in [7, 11) is 2.23.